The zero-order valence-corrected chi connectivity index (χ0v) is 20.4. The van der Waals surface area contributed by atoms with Gasteiger partial charge in [0.05, 0.1) is 12.2 Å². The number of carbonyl (C=O) groups excluding carboxylic acids is 1. The Labute approximate surface area is 201 Å². The molecule has 3 rings (SSSR count). The van der Waals surface area contributed by atoms with E-state index < -0.39 is 28.8 Å². The van der Waals surface area contributed by atoms with Crippen molar-refractivity contribution in [3.8, 4) is 17.1 Å². The summed E-state index contributed by atoms with van der Waals surface area (Å²) in [5, 5.41) is 7.13. The second-order valence-electron chi connectivity index (χ2n) is 8.69. The number of alkyl halides is 3. The van der Waals surface area contributed by atoms with Crippen molar-refractivity contribution in [3.05, 3.63) is 65.0 Å². The van der Waals surface area contributed by atoms with Crippen LogP contribution in [0.1, 0.15) is 50.3 Å². The molecule has 0 amide bonds. The number of ether oxygens (including phenoxy) is 2. The molecular formula is C25H28F3N3O4. The van der Waals surface area contributed by atoms with E-state index in [1.165, 1.54) is 12.1 Å². The number of hydrogen-bond acceptors (Lipinski definition) is 7. The molecule has 0 spiro atoms. The molecule has 7 nitrogen and oxygen atoms in total. The molecule has 0 radical (unpaired) electrons. The quantitative estimate of drug-likeness (QED) is 0.430. The lowest BCUT2D eigenvalue weighted by atomic mass is 9.90. The van der Waals surface area contributed by atoms with Crippen molar-refractivity contribution in [2.75, 3.05) is 13.7 Å². The van der Waals surface area contributed by atoms with Gasteiger partial charge in [-0.15, -0.1) is 0 Å². The van der Waals surface area contributed by atoms with Gasteiger partial charge in [0.25, 0.3) is 5.89 Å². The van der Waals surface area contributed by atoms with Gasteiger partial charge >= 0.3 is 12.1 Å². The number of hydrogen-bond donors (Lipinski definition) is 1. The van der Waals surface area contributed by atoms with Gasteiger partial charge in [0.2, 0.25) is 5.82 Å². The Bertz CT molecular complexity index is 1190. The topological polar surface area (TPSA) is 86.5 Å². The minimum atomic E-state index is -4.43. The predicted molar refractivity (Wildman–Crippen MR) is 123 cm³/mol. The fourth-order valence-corrected chi connectivity index (χ4v) is 3.42. The molecule has 2 aromatic carbocycles. The third-order valence-electron chi connectivity index (χ3n) is 5.71. The van der Waals surface area contributed by atoms with Crippen LogP contribution in [0.3, 0.4) is 0 Å². The second kappa shape index (κ2) is 9.69. The van der Waals surface area contributed by atoms with Gasteiger partial charge in [-0.05, 0) is 71.0 Å². The van der Waals surface area contributed by atoms with Gasteiger partial charge in [0, 0.05) is 5.56 Å². The van der Waals surface area contributed by atoms with Crippen LogP contribution in [0.15, 0.2) is 47.0 Å². The lowest BCUT2D eigenvalue weighted by molar-refractivity contribution is -0.158. The third-order valence-corrected chi connectivity index (χ3v) is 5.71. The van der Waals surface area contributed by atoms with E-state index in [1.54, 1.807) is 33.9 Å². The molecule has 1 N–H and O–H groups in total. The molecule has 1 atom stereocenters. The van der Waals surface area contributed by atoms with Crippen LogP contribution in [0.5, 0.6) is 5.75 Å². The highest BCUT2D eigenvalue weighted by Gasteiger charge is 2.36. The lowest BCUT2D eigenvalue weighted by Gasteiger charge is -2.28. The Hall–Kier alpha value is -3.40. The molecule has 35 heavy (non-hydrogen) atoms. The first kappa shape index (κ1) is 26.2. The molecule has 0 saturated carbocycles. The average Bonchev–Trinajstić information content (AvgIpc) is 3.30. The summed E-state index contributed by atoms with van der Waals surface area (Å²) in [6.45, 7) is 8.94. The van der Waals surface area contributed by atoms with Crippen LogP contribution >= 0.6 is 0 Å². The number of aryl methyl sites for hydroxylation is 1. The Morgan fingerprint density at radius 3 is 2.23 bits per heavy atom. The molecule has 0 fully saturated rings. The van der Waals surface area contributed by atoms with Gasteiger partial charge in [-0.25, -0.2) is 4.79 Å². The van der Waals surface area contributed by atoms with Crippen molar-refractivity contribution < 1.29 is 32.0 Å². The number of esters is 1. The Balaban J connectivity index is 1.88. The Morgan fingerprint density at radius 2 is 1.69 bits per heavy atom. The summed E-state index contributed by atoms with van der Waals surface area (Å²) < 4.78 is 55.1. The maximum absolute atomic E-state index is 12.9. The first-order valence-corrected chi connectivity index (χ1v) is 11.0. The van der Waals surface area contributed by atoms with Crippen molar-refractivity contribution >= 4 is 5.97 Å². The highest BCUT2D eigenvalue weighted by atomic mass is 19.4. The highest BCUT2D eigenvalue weighted by Crippen LogP contribution is 2.34. The Morgan fingerprint density at radius 1 is 1.06 bits per heavy atom. The van der Waals surface area contributed by atoms with Crippen molar-refractivity contribution in [3.63, 3.8) is 0 Å². The molecular weight excluding hydrogens is 463 g/mol. The summed E-state index contributed by atoms with van der Waals surface area (Å²) in [6, 6.07) is 9.97. The number of nitrogens with one attached hydrogen (secondary N) is 1. The molecule has 1 aromatic heterocycles. The van der Waals surface area contributed by atoms with Crippen LogP contribution in [-0.4, -0.2) is 35.4 Å². The largest absolute Gasteiger partial charge is 0.476 e. The van der Waals surface area contributed by atoms with Crippen LogP contribution in [-0.2, 0) is 21.2 Å². The number of carbonyl (C=O) groups is 1. The monoisotopic (exact) mass is 491 g/mol. The molecule has 10 heteroatoms. The van der Waals surface area contributed by atoms with Crippen molar-refractivity contribution in [2.45, 2.75) is 51.9 Å². The fourth-order valence-electron chi connectivity index (χ4n) is 3.42. The number of aromatic nitrogens is 2. The summed E-state index contributed by atoms with van der Waals surface area (Å²) in [4.78, 5) is 16.6. The van der Waals surface area contributed by atoms with E-state index in [4.69, 9.17) is 14.0 Å². The summed E-state index contributed by atoms with van der Waals surface area (Å²) >= 11 is 0. The minimum Gasteiger partial charge on any atom is -0.476 e. The SMILES string of the molecule is CCOC(=O)C(C)(C)Oc1ccc(C(C)(NC)c2nc(-c3ccc(C(F)(F)F)cc3)no2)cc1C. The molecule has 0 aliphatic rings. The molecule has 0 aliphatic heterocycles. The number of rotatable bonds is 8. The summed E-state index contributed by atoms with van der Waals surface area (Å²) in [6.07, 6.45) is -4.43. The van der Waals surface area contributed by atoms with Crippen molar-refractivity contribution in [2.24, 2.45) is 0 Å². The van der Waals surface area contributed by atoms with Gasteiger partial charge in [0.15, 0.2) is 5.60 Å². The van der Waals surface area contributed by atoms with Crippen LogP contribution in [0.25, 0.3) is 11.4 Å². The standard InChI is InChI=1S/C25H28F3N3O4/c1-7-33-22(32)23(3,4)34-19-13-12-18(14-15(19)2)24(5,29-6)21-30-20(31-35-21)16-8-10-17(11-9-16)25(26,27)28/h8-14,29H,7H2,1-6H3. The van der Waals surface area contributed by atoms with E-state index in [0.717, 1.165) is 23.3 Å². The van der Waals surface area contributed by atoms with Crippen LogP contribution < -0.4 is 10.1 Å². The summed E-state index contributed by atoms with van der Waals surface area (Å²) in [7, 11) is 1.73. The molecule has 0 bridgehead atoms. The predicted octanol–water partition coefficient (Wildman–Crippen LogP) is 5.27. The number of benzene rings is 2. The number of halogens is 3. The zero-order valence-electron chi connectivity index (χ0n) is 20.4. The zero-order chi connectivity index (χ0) is 26.0. The first-order valence-electron chi connectivity index (χ1n) is 11.0. The van der Waals surface area contributed by atoms with Crippen molar-refractivity contribution in [1.29, 1.82) is 0 Å². The van der Waals surface area contributed by atoms with E-state index in [9.17, 15) is 18.0 Å². The van der Waals surface area contributed by atoms with Crippen molar-refractivity contribution in [1.82, 2.24) is 15.5 Å². The van der Waals surface area contributed by atoms with E-state index in [2.05, 4.69) is 15.5 Å². The maximum atomic E-state index is 12.9. The first-order chi connectivity index (χ1) is 16.3. The van der Waals surface area contributed by atoms with E-state index in [1.807, 2.05) is 26.0 Å². The van der Waals surface area contributed by atoms with Gasteiger partial charge in [-0.3, -0.25) is 0 Å². The molecule has 188 valence electrons. The maximum Gasteiger partial charge on any atom is 0.416 e. The summed E-state index contributed by atoms with van der Waals surface area (Å²) in [5.41, 5.74) is -0.888. The van der Waals surface area contributed by atoms with Gasteiger partial charge in [-0.1, -0.05) is 29.4 Å². The molecule has 1 heterocycles. The third kappa shape index (κ3) is 5.48. The minimum absolute atomic E-state index is 0.170. The molecule has 0 saturated heterocycles. The van der Waals surface area contributed by atoms with Crippen LogP contribution in [0.2, 0.25) is 0 Å². The average molecular weight is 492 g/mol. The highest BCUT2D eigenvalue weighted by molar-refractivity contribution is 5.79. The van der Waals surface area contributed by atoms with E-state index in [0.29, 0.717) is 11.3 Å². The van der Waals surface area contributed by atoms with E-state index in [-0.39, 0.29) is 18.3 Å². The Kier molecular flexibility index (Phi) is 7.26. The second-order valence-corrected chi connectivity index (χ2v) is 8.69. The van der Waals surface area contributed by atoms with E-state index >= 15 is 0 Å². The van der Waals surface area contributed by atoms with Crippen LogP contribution in [0, 0.1) is 6.92 Å². The van der Waals surface area contributed by atoms with Gasteiger partial charge in [0.1, 0.15) is 11.3 Å². The smallest absolute Gasteiger partial charge is 0.416 e. The van der Waals surface area contributed by atoms with Gasteiger partial charge < -0.3 is 19.3 Å². The lowest BCUT2D eigenvalue weighted by Crippen LogP contribution is -2.40. The van der Waals surface area contributed by atoms with Crippen LogP contribution in [0.4, 0.5) is 13.2 Å². The molecule has 1 unspecified atom stereocenters. The molecule has 0 aliphatic carbocycles. The normalized spacial score (nSPS) is 13.9. The van der Waals surface area contributed by atoms with Gasteiger partial charge in [-0.2, -0.15) is 18.2 Å². The number of nitrogens with zero attached hydrogens (tertiary/aromatic N) is 2. The fraction of sp³-hybridized carbons (Fsp3) is 0.400. The molecule has 3 aromatic rings. The summed E-state index contributed by atoms with van der Waals surface area (Å²) in [5.74, 6) is 0.448.